The van der Waals surface area contributed by atoms with Crippen molar-refractivity contribution in [2.75, 3.05) is 13.1 Å². The molecule has 1 aliphatic carbocycles. The van der Waals surface area contributed by atoms with Crippen molar-refractivity contribution in [2.45, 2.75) is 31.9 Å². The predicted octanol–water partition coefficient (Wildman–Crippen LogP) is 1.18. The van der Waals surface area contributed by atoms with Crippen LogP contribution in [-0.2, 0) is 4.79 Å². The van der Waals surface area contributed by atoms with Crippen molar-refractivity contribution in [3.63, 3.8) is 0 Å². The molecule has 1 fully saturated rings. The zero-order valence-electron chi connectivity index (χ0n) is 8.36. The Kier molecular flexibility index (Phi) is 3.59. The Hall–Kier alpha value is -0.780. The summed E-state index contributed by atoms with van der Waals surface area (Å²) < 4.78 is 37.9. The molecule has 0 spiro atoms. The Labute approximate surface area is 86.2 Å². The number of hydrogen-bond donors (Lipinski definition) is 2. The maximum absolute atomic E-state index is 12.6. The molecular formula is C9H15F3N2O. The number of hydrogen-bond acceptors (Lipinski definition) is 2. The standard InChI is InChI=1S/C9H15F3N2O/c10-9(11,12)8(3-1-4-8)7(15)14-6-2-5-13/h1-6,13H2,(H,14,15). The number of alkyl halides is 3. The Morgan fingerprint density at radius 3 is 2.33 bits per heavy atom. The summed E-state index contributed by atoms with van der Waals surface area (Å²) >= 11 is 0. The summed E-state index contributed by atoms with van der Waals surface area (Å²) in [6, 6.07) is 0. The Balaban J connectivity index is 2.55. The third kappa shape index (κ3) is 2.25. The van der Waals surface area contributed by atoms with Gasteiger partial charge in [-0.2, -0.15) is 13.2 Å². The first kappa shape index (κ1) is 12.3. The fourth-order valence-electron chi connectivity index (χ4n) is 1.64. The summed E-state index contributed by atoms with van der Waals surface area (Å²) in [4.78, 5) is 11.4. The van der Waals surface area contributed by atoms with Gasteiger partial charge in [0.15, 0.2) is 0 Å². The molecule has 1 saturated carbocycles. The van der Waals surface area contributed by atoms with E-state index in [1.165, 1.54) is 0 Å². The molecule has 0 radical (unpaired) electrons. The normalized spacial score (nSPS) is 19.5. The van der Waals surface area contributed by atoms with Crippen LogP contribution in [0.3, 0.4) is 0 Å². The molecule has 0 bridgehead atoms. The van der Waals surface area contributed by atoms with Gasteiger partial charge in [0.25, 0.3) is 0 Å². The lowest BCUT2D eigenvalue weighted by Gasteiger charge is -2.41. The second kappa shape index (κ2) is 4.38. The van der Waals surface area contributed by atoms with E-state index in [2.05, 4.69) is 5.32 Å². The zero-order chi connectivity index (χ0) is 11.5. The molecule has 1 aliphatic rings. The van der Waals surface area contributed by atoms with Gasteiger partial charge >= 0.3 is 6.18 Å². The summed E-state index contributed by atoms with van der Waals surface area (Å²) in [6.07, 6.45) is -3.66. The van der Waals surface area contributed by atoms with E-state index in [9.17, 15) is 18.0 Å². The third-order valence-electron chi connectivity index (χ3n) is 2.85. The molecule has 6 heteroatoms. The number of amides is 1. The van der Waals surface area contributed by atoms with E-state index in [4.69, 9.17) is 5.73 Å². The Morgan fingerprint density at radius 2 is 2.00 bits per heavy atom. The van der Waals surface area contributed by atoms with Gasteiger partial charge in [0.1, 0.15) is 5.41 Å². The van der Waals surface area contributed by atoms with E-state index in [0.29, 0.717) is 19.4 Å². The Bertz CT molecular complexity index is 236. The maximum Gasteiger partial charge on any atom is 0.403 e. The Morgan fingerprint density at radius 1 is 1.40 bits per heavy atom. The highest BCUT2D eigenvalue weighted by Crippen LogP contribution is 2.53. The summed E-state index contributed by atoms with van der Waals surface area (Å²) in [5.74, 6) is -0.894. The fraction of sp³-hybridized carbons (Fsp3) is 0.889. The highest BCUT2D eigenvalue weighted by molar-refractivity contribution is 5.84. The zero-order valence-corrected chi connectivity index (χ0v) is 8.36. The molecule has 15 heavy (non-hydrogen) atoms. The molecule has 3 N–H and O–H groups in total. The molecule has 1 amide bonds. The van der Waals surface area contributed by atoms with Crippen LogP contribution in [0, 0.1) is 5.41 Å². The fourth-order valence-corrected chi connectivity index (χ4v) is 1.64. The molecule has 0 aromatic carbocycles. The molecule has 0 unspecified atom stereocenters. The quantitative estimate of drug-likeness (QED) is 0.704. The number of halogens is 3. The SMILES string of the molecule is NCCCNC(=O)C1(C(F)(F)F)CCC1. The van der Waals surface area contributed by atoms with Gasteiger partial charge in [-0.3, -0.25) is 4.79 Å². The van der Waals surface area contributed by atoms with Crippen LogP contribution in [-0.4, -0.2) is 25.2 Å². The lowest BCUT2D eigenvalue weighted by atomic mass is 9.67. The van der Waals surface area contributed by atoms with E-state index in [0.717, 1.165) is 0 Å². The predicted molar refractivity (Wildman–Crippen MR) is 49.0 cm³/mol. The van der Waals surface area contributed by atoms with Crippen molar-refractivity contribution in [2.24, 2.45) is 11.1 Å². The third-order valence-corrected chi connectivity index (χ3v) is 2.85. The van der Waals surface area contributed by atoms with E-state index in [1.807, 2.05) is 0 Å². The van der Waals surface area contributed by atoms with Gasteiger partial charge < -0.3 is 11.1 Å². The minimum Gasteiger partial charge on any atom is -0.355 e. The van der Waals surface area contributed by atoms with Crippen molar-refractivity contribution < 1.29 is 18.0 Å². The molecule has 0 aliphatic heterocycles. The van der Waals surface area contributed by atoms with Gasteiger partial charge in [0.05, 0.1) is 0 Å². The van der Waals surface area contributed by atoms with Crippen LogP contribution in [0.1, 0.15) is 25.7 Å². The smallest absolute Gasteiger partial charge is 0.355 e. The van der Waals surface area contributed by atoms with E-state index in [-0.39, 0.29) is 19.4 Å². The van der Waals surface area contributed by atoms with Crippen LogP contribution in [0.25, 0.3) is 0 Å². The van der Waals surface area contributed by atoms with Crippen LogP contribution in [0.5, 0.6) is 0 Å². The van der Waals surface area contributed by atoms with E-state index in [1.54, 1.807) is 0 Å². The van der Waals surface area contributed by atoms with Crippen molar-refractivity contribution in [1.29, 1.82) is 0 Å². The molecule has 88 valence electrons. The van der Waals surface area contributed by atoms with E-state index < -0.39 is 17.5 Å². The second-order valence-electron chi connectivity index (χ2n) is 3.83. The molecule has 0 aromatic heterocycles. The lowest BCUT2D eigenvalue weighted by molar-refractivity contribution is -0.243. The number of rotatable bonds is 4. The first-order valence-electron chi connectivity index (χ1n) is 4.99. The van der Waals surface area contributed by atoms with Crippen LogP contribution < -0.4 is 11.1 Å². The number of nitrogens with one attached hydrogen (secondary N) is 1. The van der Waals surface area contributed by atoms with Gasteiger partial charge in [-0.1, -0.05) is 6.42 Å². The van der Waals surface area contributed by atoms with Crippen molar-refractivity contribution >= 4 is 5.91 Å². The number of carbonyl (C=O) groups is 1. The van der Waals surface area contributed by atoms with Gasteiger partial charge in [0, 0.05) is 6.54 Å². The van der Waals surface area contributed by atoms with Gasteiger partial charge in [0.2, 0.25) is 5.91 Å². The van der Waals surface area contributed by atoms with Gasteiger partial charge in [-0.25, -0.2) is 0 Å². The average molecular weight is 224 g/mol. The molecule has 0 atom stereocenters. The molecule has 3 nitrogen and oxygen atoms in total. The van der Waals surface area contributed by atoms with Crippen molar-refractivity contribution in [3.8, 4) is 0 Å². The van der Waals surface area contributed by atoms with Crippen molar-refractivity contribution in [1.82, 2.24) is 5.32 Å². The monoisotopic (exact) mass is 224 g/mol. The maximum atomic E-state index is 12.6. The lowest BCUT2D eigenvalue weighted by Crippen LogP contribution is -2.55. The molecule has 0 aromatic rings. The summed E-state index contributed by atoms with van der Waals surface area (Å²) in [6.45, 7) is 0.576. The molecule has 0 saturated heterocycles. The van der Waals surface area contributed by atoms with Crippen molar-refractivity contribution in [3.05, 3.63) is 0 Å². The highest BCUT2D eigenvalue weighted by Gasteiger charge is 2.63. The van der Waals surface area contributed by atoms with Crippen LogP contribution in [0.2, 0.25) is 0 Å². The minimum absolute atomic E-state index is 0.0923. The number of nitrogens with two attached hydrogens (primary N) is 1. The van der Waals surface area contributed by atoms with Crippen LogP contribution in [0.15, 0.2) is 0 Å². The molecule has 1 rings (SSSR count). The first-order valence-corrected chi connectivity index (χ1v) is 4.99. The topological polar surface area (TPSA) is 55.1 Å². The average Bonchev–Trinajstić information content (AvgIpc) is 1.99. The molecular weight excluding hydrogens is 209 g/mol. The summed E-state index contributed by atoms with van der Waals surface area (Å²) in [5.41, 5.74) is 3.06. The van der Waals surface area contributed by atoms with Crippen LogP contribution >= 0.6 is 0 Å². The summed E-state index contributed by atoms with van der Waals surface area (Å²) in [5, 5.41) is 2.29. The molecule has 0 heterocycles. The summed E-state index contributed by atoms with van der Waals surface area (Å²) in [7, 11) is 0. The minimum atomic E-state index is -4.43. The largest absolute Gasteiger partial charge is 0.403 e. The second-order valence-corrected chi connectivity index (χ2v) is 3.83. The van der Waals surface area contributed by atoms with Gasteiger partial charge in [-0.05, 0) is 25.8 Å². The van der Waals surface area contributed by atoms with E-state index >= 15 is 0 Å². The van der Waals surface area contributed by atoms with Gasteiger partial charge in [-0.15, -0.1) is 0 Å². The van der Waals surface area contributed by atoms with Crippen LogP contribution in [0.4, 0.5) is 13.2 Å². The first-order chi connectivity index (χ1) is 6.94. The number of carbonyl (C=O) groups excluding carboxylic acids is 1. The highest BCUT2D eigenvalue weighted by atomic mass is 19.4.